The number of benzene rings is 1. The highest BCUT2D eigenvalue weighted by molar-refractivity contribution is 7.99. The van der Waals surface area contributed by atoms with E-state index >= 15 is 0 Å². The van der Waals surface area contributed by atoms with Gasteiger partial charge in [0.1, 0.15) is 0 Å². The summed E-state index contributed by atoms with van der Waals surface area (Å²) in [5.74, 6) is 5.44. The molecule has 1 aliphatic carbocycles. The molecule has 1 aliphatic rings. The maximum absolute atomic E-state index is 12.3. The average molecular weight is 279 g/mol. The Morgan fingerprint density at radius 1 is 1.42 bits per heavy atom. The van der Waals surface area contributed by atoms with Crippen molar-refractivity contribution in [1.29, 1.82) is 0 Å². The van der Waals surface area contributed by atoms with Gasteiger partial charge in [0.05, 0.1) is 11.3 Å². The van der Waals surface area contributed by atoms with Crippen molar-refractivity contribution in [1.82, 2.24) is 5.32 Å². The van der Waals surface area contributed by atoms with Gasteiger partial charge in [0.2, 0.25) is 0 Å². The molecule has 1 aromatic carbocycles. The van der Waals surface area contributed by atoms with E-state index in [4.69, 9.17) is 5.84 Å². The van der Waals surface area contributed by atoms with E-state index in [0.717, 1.165) is 12.0 Å². The van der Waals surface area contributed by atoms with Crippen LogP contribution in [-0.4, -0.2) is 23.5 Å². The van der Waals surface area contributed by atoms with Crippen LogP contribution in [0.2, 0.25) is 0 Å². The van der Waals surface area contributed by atoms with Crippen LogP contribution in [0.1, 0.15) is 35.2 Å². The lowest BCUT2D eigenvalue weighted by Gasteiger charge is -2.20. The molecule has 1 fully saturated rings. The average Bonchev–Trinajstić information content (AvgIpc) is 2.85. The van der Waals surface area contributed by atoms with Crippen LogP contribution in [0.3, 0.4) is 0 Å². The Hall–Kier alpha value is -1.20. The van der Waals surface area contributed by atoms with Crippen molar-refractivity contribution in [3.8, 4) is 0 Å². The standard InChI is InChI=1S/C14H21N3OS/c1-9-6-7-10(12(8-9)17-15)14(18)16-11-4-3-5-13(11)19-2/h6-8,11,13,17H,3-5,15H2,1-2H3,(H,16,18). The number of carbonyl (C=O) groups excluding carboxylic acids is 1. The lowest BCUT2D eigenvalue weighted by Crippen LogP contribution is -2.39. The van der Waals surface area contributed by atoms with Crippen LogP contribution in [0.15, 0.2) is 18.2 Å². The van der Waals surface area contributed by atoms with Gasteiger partial charge >= 0.3 is 0 Å². The lowest BCUT2D eigenvalue weighted by molar-refractivity contribution is 0.0939. The largest absolute Gasteiger partial charge is 0.348 e. The lowest BCUT2D eigenvalue weighted by atomic mass is 10.1. The summed E-state index contributed by atoms with van der Waals surface area (Å²) in [5, 5.41) is 3.67. The van der Waals surface area contributed by atoms with Crippen LogP contribution in [-0.2, 0) is 0 Å². The highest BCUT2D eigenvalue weighted by atomic mass is 32.2. The fourth-order valence-corrected chi connectivity index (χ4v) is 3.53. The predicted octanol–water partition coefficient (Wildman–Crippen LogP) is 2.29. The van der Waals surface area contributed by atoms with Gasteiger partial charge < -0.3 is 10.7 Å². The highest BCUT2D eigenvalue weighted by Crippen LogP contribution is 2.29. The van der Waals surface area contributed by atoms with Gasteiger partial charge in [0.25, 0.3) is 5.91 Å². The van der Waals surface area contributed by atoms with Crippen LogP contribution in [0.25, 0.3) is 0 Å². The quantitative estimate of drug-likeness (QED) is 0.584. The number of rotatable bonds is 4. The first-order valence-electron chi connectivity index (χ1n) is 6.56. The zero-order valence-electron chi connectivity index (χ0n) is 11.4. The number of carbonyl (C=O) groups is 1. The Labute approximate surface area is 118 Å². The Morgan fingerprint density at radius 2 is 2.21 bits per heavy atom. The molecule has 0 radical (unpaired) electrons. The van der Waals surface area contributed by atoms with Gasteiger partial charge in [-0.2, -0.15) is 11.8 Å². The van der Waals surface area contributed by atoms with E-state index in [1.165, 1.54) is 12.8 Å². The molecular formula is C14H21N3OS. The number of aryl methyl sites for hydroxylation is 1. The number of nitrogens with two attached hydrogens (primary N) is 1. The molecule has 1 saturated carbocycles. The van der Waals surface area contributed by atoms with Gasteiger partial charge in [-0.1, -0.05) is 12.5 Å². The molecule has 0 bridgehead atoms. The molecule has 2 rings (SSSR count). The number of amides is 1. The SMILES string of the molecule is CSC1CCCC1NC(=O)c1ccc(C)cc1NN. The summed E-state index contributed by atoms with van der Waals surface area (Å²) >= 11 is 1.84. The van der Waals surface area contributed by atoms with Gasteiger partial charge in [0, 0.05) is 11.3 Å². The van der Waals surface area contributed by atoms with Crippen LogP contribution >= 0.6 is 11.8 Å². The van der Waals surface area contributed by atoms with E-state index < -0.39 is 0 Å². The molecule has 5 heteroatoms. The van der Waals surface area contributed by atoms with Crippen LogP contribution in [0, 0.1) is 6.92 Å². The first kappa shape index (κ1) is 14.2. The monoisotopic (exact) mass is 279 g/mol. The van der Waals surface area contributed by atoms with Crippen LogP contribution < -0.4 is 16.6 Å². The fourth-order valence-electron chi connectivity index (χ4n) is 2.59. The van der Waals surface area contributed by atoms with Crippen molar-refractivity contribution in [2.75, 3.05) is 11.7 Å². The second kappa shape index (κ2) is 6.30. The minimum atomic E-state index is -0.0427. The molecule has 1 amide bonds. The molecule has 2 unspecified atom stereocenters. The van der Waals surface area contributed by atoms with Gasteiger partial charge in [-0.3, -0.25) is 10.6 Å². The van der Waals surface area contributed by atoms with E-state index in [1.807, 2.05) is 36.9 Å². The van der Waals surface area contributed by atoms with Crippen molar-refractivity contribution in [3.05, 3.63) is 29.3 Å². The van der Waals surface area contributed by atoms with Crippen molar-refractivity contribution in [2.24, 2.45) is 5.84 Å². The summed E-state index contributed by atoms with van der Waals surface area (Å²) in [5.41, 5.74) is 4.97. The molecule has 0 aliphatic heterocycles. The molecule has 0 spiro atoms. The third-order valence-corrected chi connectivity index (χ3v) is 4.82. The Kier molecular flexibility index (Phi) is 4.71. The van der Waals surface area contributed by atoms with Gasteiger partial charge in [-0.15, -0.1) is 0 Å². The second-order valence-corrected chi connectivity index (χ2v) is 6.06. The Balaban J connectivity index is 2.11. The van der Waals surface area contributed by atoms with Crippen molar-refractivity contribution >= 4 is 23.4 Å². The number of nitrogens with one attached hydrogen (secondary N) is 2. The fraction of sp³-hybridized carbons (Fsp3) is 0.500. The minimum absolute atomic E-state index is 0.0427. The molecule has 4 nitrogen and oxygen atoms in total. The topological polar surface area (TPSA) is 67.2 Å². The normalized spacial score (nSPS) is 22.3. The van der Waals surface area contributed by atoms with Gasteiger partial charge in [-0.05, 0) is 43.7 Å². The number of thioether (sulfide) groups is 1. The smallest absolute Gasteiger partial charge is 0.253 e. The maximum Gasteiger partial charge on any atom is 0.253 e. The molecule has 19 heavy (non-hydrogen) atoms. The molecule has 0 saturated heterocycles. The first-order valence-corrected chi connectivity index (χ1v) is 7.85. The number of nitrogen functional groups attached to an aromatic ring is 1. The Morgan fingerprint density at radius 3 is 2.89 bits per heavy atom. The number of hydrogen-bond donors (Lipinski definition) is 3. The van der Waals surface area contributed by atoms with E-state index in [2.05, 4.69) is 17.0 Å². The zero-order valence-corrected chi connectivity index (χ0v) is 12.2. The molecule has 0 aromatic heterocycles. The van der Waals surface area contributed by atoms with Gasteiger partial charge in [-0.25, -0.2) is 0 Å². The maximum atomic E-state index is 12.3. The molecule has 4 N–H and O–H groups in total. The Bertz CT molecular complexity index is 464. The van der Waals surface area contributed by atoms with Crippen molar-refractivity contribution in [2.45, 2.75) is 37.5 Å². The summed E-state index contributed by atoms with van der Waals surface area (Å²) in [4.78, 5) is 12.3. The summed E-state index contributed by atoms with van der Waals surface area (Å²) in [6.45, 7) is 1.98. The third-order valence-electron chi connectivity index (χ3n) is 3.65. The van der Waals surface area contributed by atoms with E-state index in [9.17, 15) is 4.79 Å². The summed E-state index contributed by atoms with van der Waals surface area (Å²) in [7, 11) is 0. The molecule has 104 valence electrons. The molecule has 2 atom stereocenters. The minimum Gasteiger partial charge on any atom is -0.348 e. The van der Waals surface area contributed by atoms with E-state index in [-0.39, 0.29) is 11.9 Å². The summed E-state index contributed by atoms with van der Waals surface area (Å²) in [6.07, 6.45) is 5.54. The van der Waals surface area contributed by atoms with E-state index in [1.54, 1.807) is 0 Å². The predicted molar refractivity (Wildman–Crippen MR) is 81.4 cm³/mol. The number of hydrazine groups is 1. The van der Waals surface area contributed by atoms with Crippen molar-refractivity contribution < 1.29 is 4.79 Å². The van der Waals surface area contributed by atoms with E-state index in [0.29, 0.717) is 16.5 Å². The number of hydrogen-bond acceptors (Lipinski definition) is 4. The summed E-state index contributed by atoms with van der Waals surface area (Å²) in [6, 6.07) is 5.91. The molecule has 1 aromatic rings. The van der Waals surface area contributed by atoms with Crippen LogP contribution in [0.5, 0.6) is 0 Å². The highest BCUT2D eigenvalue weighted by Gasteiger charge is 2.28. The second-order valence-electron chi connectivity index (χ2n) is 4.98. The number of anilines is 1. The van der Waals surface area contributed by atoms with Gasteiger partial charge in [0.15, 0.2) is 0 Å². The molecular weight excluding hydrogens is 258 g/mol. The van der Waals surface area contributed by atoms with Crippen LogP contribution in [0.4, 0.5) is 5.69 Å². The molecule has 0 heterocycles. The zero-order chi connectivity index (χ0) is 13.8. The van der Waals surface area contributed by atoms with Crippen molar-refractivity contribution in [3.63, 3.8) is 0 Å². The third kappa shape index (κ3) is 3.22. The first-order chi connectivity index (χ1) is 9.15. The summed E-state index contributed by atoms with van der Waals surface area (Å²) < 4.78 is 0.